The Morgan fingerprint density at radius 3 is 2.30 bits per heavy atom. The van der Waals surface area contributed by atoms with Crippen LogP contribution >= 0.6 is 0 Å². The van der Waals surface area contributed by atoms with Crippen molar-refractivity contribution in [2.24, 2.45) is 0 Å². The second-order valence-electron chi connectivity index (χ2n) is 7.88. The Bertz CT molecular complexity index is 735. The van der Waals surface area contributed by atoms with E-state index in [1.807, 2.05) is 18.2 Å². The molecule has 0 saturated carbocycles. The summed E-state index contributed by atoms with van der Waals surface area (Å²) in [6.45, 7) is 2.74. The van der Waals surface area contributed by atoms with Gasteiger partial charge in [0.1, 0.15) is 5.54 Å². The smallest absolute Gasteiger partial charge is 0.325 e. The lowest BCUT2D eigenvalue weighted by Crippen LogP contribution is -2.56. The van der Waals surface area contributed by atoms with Gasteiger partial charge in [-0.3, -0.25) is 14.5 Å². The van der Waals surface area contributed by atoms with E-state index in [0.717, 1.165) is 25.9 Å². The highest BCUT2D eigenvalue weighted by molar-refractivity contribution is 6.07. The predicted octanol–water partition coefficient (Wildman–Crippen LogP) is 1.31. The second kappa shape index (κ2) is 6.96. The average molecular weight is 370 g/mol. The normalized spacial score (nSPS) is 23.7. The minimum absolute atomic E-state index is 0.0166. The molecule has 1 spiro atoms. The molecule has 3 aliphatic rings. The molecule has 1 aromatic carbocycles. The third kappa shape index (κ3) is 3.20. The molecule has 1 N–H and O–H groups in total. The van der Waals surface area contributed by atoms with Crippen molar-refractivity contribution in [2.75, 3.05) is 33.2 Å². The van der Waals surface area contributed by atoms with Gasteiger partial charge in [-0.1, -0.05) is 18.2 Å². The molecule has 0 aliphatic carbocycles. The zero-order valence-electron chi connectivity index (χ0n) is 15.7. The summed E-state index contributed by atoms with van der Waals surface area (Å²) in [4.78, 5) is 43.8. The Labute approximate surface area is 159 Å². The maximum absolute atomic E-state index is 13.1. The van der Waals surface area contributed by atoms with Gasteiger partial charge in [0.2, 0.25) is 0 Å². The van der Waals surface area contributed by atoms with Gasteiger partial charge in [0.15, 0.2) is 0 Å². The standard InChI is InChI=1S/C20H26N4O3/c1-22-11-7-16(8-12-22)24-18(26)20(21-19(24)27)9-13-23(14-10-20)17(25)15-5-3-2-4-6-15/h2-6,16H,7-14H2,1H3,(H,21,27). The van der Waals surface area contributed by atoms with Crippen molar-refractivity contribution in [3.63, 3.8) is 0 Å². The van der Waals surface area contributed by atoms with Gasteiger partial charge in [-0.05, 0) is 58.0 Å². The van der Waals surface area contributed by atoms with E-state index in [2.05, 4.69) is 17.3 Å². The van der Waals surface area contributed by atoms with Crippen LogP contribution in [0.4, 0.5) is 4.79 Å². The van der Waals surface area contributed by atoms with Crippen LogP contribution in [0, 0.1) is 0 Å². The highest BCUT2D eigenvalue weighted by atomic mass is 16.2. The van der Waals surface area contributed by atoms with Crippen molar-refractivity contribution in [3.8, 4) is 0 Å². The lowest BCUT2D eigenvalue weighted by molar-refractivity contribution is -0.135. The Kier molecular flexibility index (Phi) is 4.63. The number of rotatable bonds is 2. The van der Waals surface area contributed by atoms with Gasteiger partial charge >= 0.3 is 6.03 Å². The number of carbonyl (C=O) groups is 3. The van der Waals surface area contributed by atoms with Gasteiger partial charge in [-0.2, -0.15) is 0 Å². The number of urea groups is 1. The van der Waals surface area contributed by atoms with Gasteiger partial charge in [-0.25, -0.2) is 4.79 Å². The molecule has 7 heteroatoms. The van der Waals surface area contributed by atoms with Gasteiger partial charge in [0.25, 0.3) is 11.8 Å². The summed E-state index contributed by atoms with van der Waals surface area (Å²) >= 11 is 0. The van der Waals surface area contributed by atoms with Crippen molar-refractivity contribution in [1.82, 2.24) is 20.0 Å². The number of benzene rings is 1. The molecule has 4 amide bonds. The van der Waals surface area contributed by atoms with Crippen LogP contribution in [0.15, 0.2) is 30.3 Å². The molecule has 0 atom stereocenters. The van der Waals surface area contributed by atoms with Crippen molar-refractivity contribution in [3.05, 3.63) is 35.9 Å². The molecule has 27 heavy (non-hydrogen) atoms. The van der Waals surface area contributed by atoms with Crippen LogP contribution in [0.1, 0.15) is 36.0 Å². The number of hydrogen-bond acceptors (Lipinski definition) is 4. The van der Waals surface area contributed by atoms with Crippen molar-refractivity contribution >= 4 is 17.8 Å². The Balaban J connectivity index is 1.43. The molecule has 3 fully saturated rings. The van der Waals surface area contributed by atoms with Crippen LogP contribution in [-0.2, 0) is 4.79 Å². The first kappa shape index (κ1) is 18.0. The first-order valence-electron chi connectivity index (χ1n) is 9.69. The van der Waals surface area contributed by atoms with Crippen LogP contribution in [0.2, 0.25) is 0 Å². The molecule has 0 unspecified atom stereocenters. The van der Waals surface area contributed by atoms with E-state index in [1.54, 1.807) is 17.0 Å². The third-order valence-electron chi connectivity index (χ3n) is 6.17. The largest absolute Gasteiger partial charge is 0.338 e. The molecule has 0 aromatic heterocycles. The molecular weight excluding hydrogens is 344 g/mol. The van der Waals surface area contributed by atoms with Crippen LogP contribution in [0.3, 0.4) is 0 Å². The number of imide groups is 1. The summed E-state index contributed by atoms with van der Waals surface area (Å²) in [5.74, 6) is -0.122. The highest BCUT2D eigenvalue weighted by Crippen LogP contribution is 2.33. The number of carbonyl (C=O) groups excluding carboxylic acids is 3. The lowest BCUT2D eigenvalue weighted by atomic mass is 9.86. The van der Waals surface area contributed by atoms with Crippen LogP contribution < -0.4 is 5.32 Å². The molecule has 7 nitrogen and oxygen atoms in total. The molecular formula is C20H26N4O3. The summed E-state index contributed by atoms with van der Waals surface area (Å²) in [5.41, 5.74) is -0.184. The summed E-state index contributed by atoms with van der Waals surface area (Å²) in [7, 11) is 2.06. The van der Waals surface area contributed by atoms with Crippen LogP contribution in [0.25, 0.3) is 0 Å². The summed E-state index contributed by atoms with van der Waals surface area (Å²) in [6.07, 6.45) is 2.59. The van der Waals surface area contributed by atoms with Gasteiger partial charge < -0.3 is 15.1 Å². The lowest BCUT2D eigenvalue weighted by Gasteiger charge is -2.38. The van der Waals surface area contributed by atoms with Crippen LogP contribution in [0.5, 0.6) is 0 Å². The fourth-order valence-electron chi connectivity index (χ4n) is 4.42. The molecule has 1 aromatic rings. The van der Waals surface area contributed by atoms with E-state index < -0.39 is 5.54 Å². The quantitative estimate of drug-likeness (QED) is 0.797. The Morgan fingerprint density at radius 1 is 1.04 bits per heavy atom. The van der Waals surface area contributed by atoms with E-state index >= 15 is 0 Å². The molecule has 3 heterocycles. The molecule has 0 bridgehead atoms. The summed E-state index contributed by atoms with van der Waals surface area (Å²) < 4.78 is 0. The fourth-order valence-corrected chi connectivity index (χ4v) is 4.42. The monoisotopic (exact) mass is 370 g/mol. The number of amides is 4. The first-order chi connectivity index (χ1) is 13.0. The van der Waals surface area contributed by atoms with E-state index in [1.165, 1.54) is 4.90 Å². The van der Waals surface area contributed by atoms with E-state index in [-0.39, 0.29) is 23.9 Å². The molecule has 3 saturated heterocycles. The third-order valence-corrected chi connectivity index (χ3v) is 6.17. The summed E-state index contributed by atoms with van der Waals surface area (Å²) in [6, 6.07) is 8.90. The molecule has 144 valence electrons. The average Bonchev–Trinajstić information content (AvgIpc) is 2.93. The zero-order valence-corrected chi connectivity index (χ0v) is 15.7. The maximum atomic E-state index is 13.1. The van der Waals surface area contributed by atoms with E-state index in [9.17, 15) is 14.4 Å². The Hall–Kier alpha value is -2.41. The molecule has 3 aliphatic heterocycles. The number of likely N-dealkylation sites (tertiary alicyclic amines) is 2. The van der Waals surface area contributed by atoms with Crippen molar-refractivity contribution in [1.29, 1.82) is 0 Å². The van der Waals surface area contributed by atoms with E-state index in [4.69, 9.17) is 0 Å². The highest BCUT2D eigenvalue weighted by Gasteiger charge is 2.54. The topological polar surface area (TPSA) is 73.0 Å². The second-order valence-corrected chi connectivity index (χ2v) is 7.88. The first-order valence-corrected chi connectivity index (χ1v) is 9.69. The number of nitrogens with one attached hydrogen (secondary N) is 1. The van der Waals surface area contributed by atoms with Crippen molar-refractivity contribution in [2.45, 2.75) is 37.3 Å². The number of piperidine rings is 2. The Morgan fingerprint density at radius 2 is 1.67 bits per heavy atom. The van der Waals surface area contributed by atoms with Gasteiger partial charge in [0, 0.05) is 24.7 Å². The molecule has 0 radical (unpaired) electrons. The zero-order chi connectivity index (χ0) is 19.0. The van der Waals surface area contributed by atoms with E-state index in [0.29, 0.717) is 31.5 Å². The number of hydrogen-bond donors (Lipinski definition) is 1. The van der Waals surface area contributed by atoms with Crippen molar-refractivity contribution < 1.29 is 14.4 Å². The fraction of sp³-hybridized carbons (Fsp3) is 0.550. The number of nitrogens with zero attached hydrogens (tertiary/aromatic N) is 3. The summed E-state index contributed by atoms with van der Waals surface area (Å²) in [5, 5.41) is 2.96. The minimum atomic E-state index is -0.839. The SMILES string of the molecule is CN1CCC(N2C(=O)NC3(CCN(C(=O)c4ccccc4)CC3)C2=O)CC1. The van der Waals surface area contributed by atoms with Crippen LogP contribution in [-0.4, -0.2) is 77.4 Å². The minimum Gasteiger partial charge on any atom is -0.338 e. The van der Waals surface area contributed by atoms with Gasteiger partial charge in [-0.15, -0.1) is 0 Å². The molecule has 4 rings (SSSR count). The van der Waals surface area contributed by atoms with Gasteiger partial charge in [0.05, 0.1) is 0 Å². The predicted molar refractivity (Wildman–Crippen MR) is 100 cm³/mol. The maximum Gasteiger partial charge on any atom is 0.325 e.